The third kappa shape index (κ3) is 4.09. The lowest BCUT2D eigenvalue weighted by Crippen LogP contribution is -2.24. The summed E-state index contributed by atoms with van der Waals surface area (Å²) in [7, 11) is 0. The van der Waals surface area contributed by atoms with Crippen molar-refractivity contribution < 1.29 is 0 Å². The van der Waals surface area contributed by atoms with Crippen molar-refractivity contribution in [1.29, 1.82) is 0 Å². The van der Waals surface area contributed by atoms with E-state index in [1.165, 1.54) is 11.8 Å². The van der Waals surface area contributed by atoms with Gasteiger partial charge < -0.3 is 0 Å². The fourth-order valence-electron chi connectivity index (χ4n) is 2.92. The van der Waals surface area contributed by atoms with Gasteiger partial charge in [-0.05, 0) is 41.5 Å². The minimum Gasteiger partial charge on any atom is -0.283 e. The second-order valence-electron chi connectivity index (χ2n) is 6.31. The normalized spacial score (nSPS) is 11.1. The fraction of sp³-hybridized carbons (Fsp3) is 0.0909. The van der Waals surface area contributed by atoms with Crippen molar-refractivity contribution >= 4 is 45.9 Å². The summed E-state index contributed by atoms with van der Waals surface area (Å²) in [5, 5.41) is 2.60. The molecule has 28 heavy (non-hydrogen) atoms. The lowest BCUT2D eigenvalue weighted by molar-refractivity contribution is 0.658. The number of halogens is 2. The topological polar surface area (TPSA) is 34.9 Å². The molecule has 0 aliphatic carbocycles. The van der Waals surface area contributed by atoms with Crippen molar-refractivity contribution in [3.63, 3.8) is 0 Å². The van der Waals surface area contributed by atoms with Gasteiger partial charge in [-0.1, -0.05) is 77.4 Å². The number of benzene rings is 3. The summed E-state index contributed by atoms with van der Waals surface area (Å²) in [4.78, 5) is 17.9. The Morgan fingerprint density at radius 3 is 2.39 bits per heavy atom. The SMILES string of the molecule is O=c1c2ccccc2nc(SCc2ccc(Cl)cc2)n1Cc1ccccc1Cl. The van der Waals surface area contributed by atoms with Crippen LogP contribution in [0.15, 0.2) is 82.7 Å². The molecule has 0 radical (unpaired) electrons. The number of aromatic nitrogens is 2. The van der Waals surface area contributed by atoms with E-state index >= 15 is 0 Å². The van der Waals surface area contributed by atoms with Crippen molar-refractivity contribution in [2.45, 2.75) is 17.5 Å². The molecule has 3 aromatic carbocycles. The summed E-state index contributed by atoms with van der Waals surface area (Å²) >= 11 is 13.8. The molecule has 0 spiro atoms. The Morgan fingerprint density at radius 1 is 0.893 bits per heavy atom. The molecule has 4 aromatic rings. The molecule has 3 nitrogen and oxygen atoms in total. The van der Waals surface area contributed by atoms with Crippen LogP contribution in [-0.2, 0) is 12.3 Å². The highest BCUT2D eigenvalue weighted by Crippen LogP contribution is 2.25. The van der Waals surface area contributed by atoms with Crippen molar-refractivity contribution in [1.82, 2.24) is 9.55 Å². The average Bonchev–Trinajstić information content (AvgIpc) is 2.71. The molecule has 0 aliphatic heterocycles. The van der Waals surface area contributed by atoms with Crippen molar-refractivity contribution in [3.8, 4) is 0 Å². The van der Waals surface area contributed by atoms with Crippen LogP contribution in [0.3, 0.4) is 0 Å². The number of thioether (sulfide) groups is 1. The van der Waals surface area contributed by atoms with Gasteiger partial charge in [0.1, 0.15) is 0 Å². The maximum Gasteiger partial charge on any atom is 0.262 e. The molecule has 0 unspecified atom stereocenters. The largest absolute Gasteiger partial charge is 0.283 e. The zero-order valence-electron chi connectivity index (χ0n) is 14.8. The van der Waals surface area contributed by atoms with E-state index in [4.69, 9.17) is 28.2 Å². The van der Waals surface area contributed by atoms with Crippen LogP contribution in [0.1, 0.15) is 11.1 Å². The lowest BCUT2D eigenvalue weighted by Gasteiger charge is -2.14. The molecular weight excluding hydrogens is 411 g/mol. The maximum atomic E-state index is 13.2. The lowest BCUT2D eigenvalue weighted by atomic mass is 10.2. The van der Waals surface area contributed by atoms with Crippen LogP contribution in [0, 0.1) is 0 Å². The zero-order chi connectivity index (χ0) is 19.5. The van der Waals surface area contributed by atoms with Gasteiger partial charge in [-0.15, -0.1) is 0 Å². The van der Waals surface area contributed by atoms with Crippen molar-refractivity contribution in [2.24, 2.45) is 0 Å². The van der Waals surface area contributed by atoms with Crippen LogP contribution in [0.5, 0.6) is 0 Å². The molecule has 6 heteroatoms. The third-order valence-electron chi connectivity index (χ3n) is 4.39. The van der Waals surface area contributed by atoms with Gasteiger partial charge in [0.05, 0.1) is 17.4 Å². The molecular formula is C22H16Cl2N2OS. The molecule has 0 aliphatic rings. The first kappa shape index (κ1) is 19.1. The molecule has 0 N–H and O–H groups in total. The summed E-state index contributed by atoms with van der Waals surface area (Å²) in [5.74, 6) is 0.685. The van der Waals surface area contributed by atoms with Crippen LogP contribution in [0.4, 0.5) is 0 Å². The highest BCUT2D eigenvalue weighted by molar-refractivity contribution is 7.98. The predicted molar refractivity (Wildman–Crippen MR) is 118 cm³/mol. The zero-order valence-corrected chi connectivity index (χ0v) is 17.1. The molecule has 4 rings (SSSR count). The van der Waals surface area contributed by atoms with Gasteiger partial charge in [0.15, 0.2) is 5.16 Å². The van der Waals surface area contributed by atoms with Gasteiger partial charge in [-0.25, -0.2) is 4.98 Å². The predicted octanol–water partition coefficient (Wildman–Crippen LogP) is 6.04. The Kier molecular flexibility index (Phi) is 5.72. The second kappa shape index (κ2) is 8.39. The Morgan fingerprint density at radius 2 is 1.61 bits per heavy atom. The van der Waals surface area contributed by atoms with Crippen LogP contribution < -0.4 is 5.56 Å². The van der Waals surface area contributed by atoms with Crippen LogP contribution in [-0.4, -0.2) is 9.55 Å². The number of hydrogen-bond acceptors (Lipinski definition) is 3. The highest BCUT2D eigenvalue weighted by Gasteiger charge is 2.13. The smallest absolute Gasteiger partial charge is 0.262 e. The Hall–Kier alpha value is -2.27. The maximum absolute atomic E-state index is 13.2. The number of para-hydroxylation sites is 1. The van der Waals surface area contributed by atoms with Gasteiger partial charge in [-0.2, -0.15) is 0 Å². The van der Waals surface area contributed by atoms with E-state index in [-0.39, 0.29) is 5.56 Å². The average molecular weight is 427 g/mol. The summed E-state index contributed by atoms with van der Waals surface area (Å²) in [6.07, 6.45) is 0. The van der Waals surface area contributed by atoms with Gasteiger partial charge in [0.25, 0.3) is 5.56 Å². The second-order valence-corrected chi connectivity index (χ2v) is 8.10. The van der Waals surface area contributed by atoms with E-state index in [0.717, 1.165) is 11.1 Å². The fourth-order valence-corrected chi connectivity index (χ4v) is 4.20. The first-order valence-corrected chi connectivity index (χ1v) is 10.5. The monoisotopic (exact) mass is 426 g/mol. The molecule has 0 fully saturated rings. The van der Waals surface area contributed by atoms with Gasteiger partial charge in [0, 0.05) is 15.8 Å². The van der Waals surface area contributed by atoms with Crippen molar-refractivity contribution in [3.05, 3.63) is 104 Å². The van der Waals surface area contributed by atoms with Crippen LogP contribution in [0.2, 0.25) is 10.0 Å². The van der Waals surface area contributed by atoms with Crippen LogP contribution >= 0.6 is 35.0 Å². The summed E-state index contributed by atoms with van der Waals surface area (Å²) in [6, 6.07) is 22.7. The Bertz CT molecular complexity index is 1190. The van der Waals surface area contributed by atoms with Gasteiger partial charge in [0.2, 0.25) is 0 Å². The minimum absolute atomic E-state index is 0.0656. The summed E-state index contributed by atoms with van der Waals surface area (Å²) in [5.41, 5.74) is 2.63. The van der Waals surface area contributed by atoms with E-state index in [1.54, 1.807) is 10.6 Å². The van der Waals surface area contributed by atoms with E-state index < -0.39 is 0 Å². The molecule has 0 saturated heterocycles. The minimum atomic E-state index is -0.0656. The van der Waals surface area contributed by atoms with Crippen LogP contribution in [0.25, 0.3) is 10.9 Å². The molecule has 140 valence electrons. The summed E-state index contributed by atoms with van der Waals surface area (Å²) < 4.78 is 1.70. The molecule has 0 amide bonds. The van der Waals surface area contributed by atoms with E-state index in [0.29, 0.717) is 38.4 Å². The molecule has 1 heterocycles. The molecule has 0 bridgehead atoms. The molecule has 0 saturated carbocycles. The molecule has 0 atom stereocenters. The number of hydrogen-bond donors (Lipinski definition) is 0. The number of rotatable bonds is 5. The first-order chi connectivity index (χ1) is 13.6. The van der Waals surface area contributed by atoms with E-state index in [9.17, 15) is 4.79 Å². The number of nitrogens with zero attached hydrogens (tertiary/aromatic N) is 2. The highest BCUT2D eigenvalue weighted by atomic mass is 35.5. The quantitative estimate of drug-likeness (QED) is 0.288. The first-order valence-electron chi connectivity index (χ1n) is 8.72. The van der Waals surface area contributed by atoms with Gasteiger partial charge in [-0.3, -0.25) is 9.36 Å². The Balaban J connectivity index is 1.75. The Labute approximate surface area is 176 Å². The van der Waals surface area contributed by atoms with Crippen molar-refractivity contribution in [2.75, 3.05) is 0 Å². The third-order valence-corrected chi connectivity index (χ3v) is 6.06. The number of fused-ring (bicyclic) bond motifs is 1. The molecule has 1 aromatic heterocycles. The summed E-state index contributed by atoms with van der Waals surface area (Å²) in [6.45, 7) is 0.374. The van der Waals surface area contributed by atoms with Gasteiger partial charge >= 0.3 is 0 Å². The van der Waals surface area contributed by atoms with E-state index in [2.05, 4.69) is 0 Å². The van der Waals surface area contributed by atoms with E-state index in [1.807, 2.05) is 66.7 Å². The standard InChI is InChI=1S/C22H16Cl2N2OS/c23-17-11-9-15(10-12-17)14-28-22-25-20-8-4-2-6-18(20)21(27)26(22)13-16-5-1-3-7-19(16)24/h1-12H,13-14H2.